The predicted octanol–water partition coefficient (Wildman–Crippen LogP) is 1.45. The van der Waals surface area contributed by atoms with Crippen molar-refractivity contribution < 1.29 is 22.8 Å². The van der Waals surface area contributed by atoms with Crippen molar-refractivity contribution in [2.75, 3.05) is 19.6 Å². The van der Waals surface area contributed by atoms with Crippen LogP contribution in [0.5, 0.6) is 0 Å². The maximum Gasteiger partial charge on any atom is 0.269 e. The molecule has 0 bridgehead atoms. The number of piperidine rings is 1. The van der Waals surface area contributed by atoms with Crippen molar-refractivity contribution >= 4 is 33.8 Å². The second-order valence-electron chi connectivity index (χ2n) is 7.45. The first-order valence-corrected chi connectivity index (χ1v) is 12.0. The van der Waals surface area contributed by atoms with Gasteiger partial charge in [0.05, 0.1) is 11.4 Å². The molecule has 3 N–H and O–H groups in total. The number of hydrogen-bond donors (Lipinski definition) is 3. The first-order valence-electron chi connectivity index (χ1n) is 10.6. The van der Waals surface area contributed by atoms with Gasteiger partial charge < -0.3 is 5.32 Å². The van der Waals surface area contributed by atoms with Crippen molar-refractivity contribution in [1.29, 1.82) is 0 Å². The Balaban J connectivity index is 1.44. The molecule has 10 heteroatoms. The number of benzene rings is 2. The Hall–Kier alpha value is -3.50. The molecule has 1 aliphatic heterocycles. The third kappa shape index (κ3) is 6.99. The van der Waals surface area contributed by atoms with Crippen LogP contribution in [0.25, 0.3) is 6.08 Å². The monoisotopic (exact) mass is 470 g/mol. The van der Waals surface area contributed by atoms with Gasteiger partial charge in [0.25, 0.3) is 11.8 Å². The Morgan fingerprint density at radius 1 is 0.879 bits per heavy atom. The largest absolute Gasteiger partial charge is 0.343 e. The summed E-state index contributed by atoms with van der Waals surface area (Å²) in [6.07, 6.45) is 5.61. The Morgan fingerprint density at radius 2 is 1.55 bits per heavy atom. The van der Waals surface area contributed by atoms with Crippen LogP contribution in [0.2, 0.25) is 0 Å². The van der Waals surface area contributed by atoms with Crippen LogP contribution in [0.3, 0.4) is 0 Å². The summed E-state index contributed by atoms with van der Waals surface area (Å²) < 4.78 is 26.8. The number of hydrazine groups is 1. The van der Waals surface area contributed by atoms with Gasteiger partial charge in [0.2, 0.25) is 15.9 Å². The molecule has 3 amide bonds. The highest BCUT2D eigenvalue weighted by atomic mass is 32.2. The minimum atomic E-state index is -3.58. The number of rotatable bonds is 7. The third-order valence-corrected chi connectivity index (χ3v) is 6.95. The van der Waals surface area contributed by atoms with Gasteiger partial charge in [0.15, 0.2) is 0 Å². The minimum absolute atomic E-state index is 0.122. The van der Waals surface area contributed by atoms with Gasteiger partial charge in [-0.1, -0.05) is 36.8 Å². The Morgan fingerprint density at radius 3 is 2.21 bits per heavy atom. The lowest BCUT2D eigenvalue weighted by molar-refractivity contribution is -0.124. The molecular weight excluding hydrogens is 444 g/mol. The van der Waals surface area contributed by atoms with Gasteiger partial charge >= 0.3 is 0 Å². The average Bonchev–Trinajstić information content (AvgIpc) is 2.86. The smallest absolute Gasteiger partial charge is 0.269 e. The number of amides is 3. The third-order valence-electron chi connectivity index (χ3n) is 5.03. The molecule has 33 heavy (non-hydrogen) atoms. The molecule has 3 rings (SSSR count). The van der Waals surface area contributed by atoms with Gasteiger partial charge in [-0.2, -0.15) is 4.31 Å². The molecule has 2 aromatic rings. The molecule has 1 aliphatic rings. The molecule has 0 aromatic heterocycles. The van der Waals surface area contributed by atoms with Crippen molar-refractivity contribution in [3.05, 3.63) is 71.8 Å². The average molecular weight is 471 g/mol. The highest BCUT2D eigenvalue weighted by Gasteiger charge is 2.25. The molecule has 0 unspecified atom stereocenters. The van der Waals surface area contributed by atoms with E-state index in [4.69, 9.17) is 0 Å². The summed E-state index contributed by atoms with van der Waals surface area (Å²) in [5.74, 6) is -1.68. The standard InChI is InChI=1S/C23H26N4O5S/c28-21(14-9-18-7-3-1-4-8-18)24-17-22(29)25-26-23(30)19-10-12-20(13-11-19)33(31,32)27-15-5-2-6-16-27/h1,3-4,7-14H,2,5-6,15-17H2,(H,24,28)(H,25,29)(H,26,30)/b14-9+. The summed E-state index contributed by atoms with van der Waals surface area (Å²) in [5, 5.41) is 2.41. The quantitative estimate of drug-likeness (QED) is 0.417. The second kappa shape index (κ2) is 11.4. The molecule has 1 saturated heterocycles. The maximum absolute atomic E-state index is 12.7. The molecule has 1 heterocycles. The Kier molecular flexibility index (Phi) is 8.34. The van der Waals surface area contributed by atoms with Crippen molar-refractivity contribution in [3.63, 3.8) is 0 Å². The summed E-state index contributed by atoms with van der Waals surface area (Å²) in [6, 6.07) is 14.7. The molecule has 2 aromatic carbocycles. The molecule has 174 valence electrons. The van der Waals surface area contributed by atoms with Gasteiger partial charge in [0.1, 0.15) is 0 Å². The topological polar surface area (TPSA) is 125 Å². The van der Waals surface area contributed by atoms with Crippen LogP contribution in [0.4, 0.5) is 0 Å². The zero-order valence-electron chi connectivity index (χ0n) is 18.0. The maximum atomic E-state index is 12.7. The summed E-state index contributed by atoms with van der Waals surface area (Å²) in [7, 11) is -3.58. The molecule has 0 spiro atoms. The van der Waals surface area contributed by atoms with E-state index in [9.17, 15) is 22.8 Å². The van der Waals surface area contributed by atoms with E-state index >= 15 is 0 Å². The van der Waals surface area contributed by atoms with Crippen LogP contribution in [0.15, 0.2) is 65.6 Å². The summed E-state index contributed by atoms with van der Waals surface area (Å²) >= 11 is 0. The van der Waals surface area contributed by atoms with E-state index < -0.39 is 27.7 Å². The van der Waals surface area contributed by atoms with Crippen molar-refractivity contribution in [3.8, 4) is 0 Å². The number of nitrogens with zero attached hydrogens (tertiary/aromatic N) is 1. The molecular formula is C23H26N4O5S. The van der Waals surface area contributed by atoms with Crippen LogP contribution in [0, 0.1) is 0 Å². The van der Waals surface area contributed by atoms with E-state index in [1.165, 1.54) is 34.6 Å². The van der Waals surface area contributed by atoms with Gasteiger partial charge in [-0.05, 0) is 48.7 Å². The van der Waals surface area contributed by atoms with Crippen molar-refractivity contribution in [2.24, 2.45) is 0 Å². The zero-order valence-corrected chi connectivity index (χ0v) is 18.8. The Labute approximate surface area is 192 Å². The molecule has 1 fully saturated rings. The lowest BCUT2D eigenvalue weighted by Gasteiger charge is -2.25. The number of carbonyl (C=O) groups excluding carboxylic acids is 3. The van der Waals surface area contributed by atoms with Crippen LogP contribution >= 0.6 is 0 Å². The van der Waals surface area contributed by atoms with E-state index in [1.807, 2.05) is 30.3 Å². The van der Waals surface area contributed by atoms with E-state index in [2.05, 4.69) is 16.2 Å². The fourth-order valence-corrected chi connectivity index (χ4v) is 4.75. The molecule has 0 atom stereocenters. The number of hydrogen-bond acceptors (Lipinski definition) is 5. The van der Waals surface area contributed by atoms with Crippen LogP contribution in [0.1, 0.15) is 35.2 Å². The van der Waals surface area contributed by atoms with E-state index in [-0.39, 0.29) is 17.0 Å². The molecule has 0 radical (unpaired) electrons. The number of sulfonamides is 1. The fraction of sp³-hybridized carbons (Fsp3) is 0.261. The van der Waals surface area contributed by atoms with Crippen LogP contribution in [-0.4, -0.2) is 50.1 Å². The van der Waals surface area contributed by atoms with Gasteiger partial charge in [-0.3, -0.25) is 25.2 Å². The predicted molar refractivity (Wildman–Crippen MR) is 123 cm³/mol. The number of carbonyl (C=O) groups is 3. The molecule has 0 aliphatic carbocycles. The van der Waals surface area contributed by atoms with Crippen LogP contribution in [-0.2, 0) is 19.6 Å². The normalized spacial score (nSPS) is 14.5. The highest BCUT2D eigenvalue weighted by Crippen LogP contribution is 2.20. The van der Waals surface area contributed by atoms with Crippen LogP contribution < -0.4 is 16.2 Å². The van der Waals surface area contributed by atoms with Crippen molar-refractivity contribution in [1.82, 2.24) is 20.5 Å². The first kappa shape index (κ1) is 24.1. The lowest BCUT2D eigenvalue weighted by atomic mass is 10.2. The summed E-state index contributed by atoms with van der Waals surface area (Å²) in [4.78, 5) is 36.0. The summed E-state index contributed by atoms with van der Waals surface area (Å²) in [6.45, 7) is 0.662. The lowest BCUT2D eigenvalue weighted by Crippen LogP contribution is -2.46. The highest BCUT2D eigenvalue weighted by molar-refractivity contribution is 7.89. The summed E-state index contributed by atoms with van der Waals surface area (Å²) in [5.41, 5.74) is 5.47. The van der Waals surface area contributed by atoms with E-state index in [0.717, 1.165) is 24.8 Å². The molecule has 9 nitrogen and oxygen atoms in total. The second-order valence-corrected chi connectivity index (χ2v) is 9.39. The first-order chi connectivity index (χ1) is 15.9. The van der Waals surface area contributed by atoms with Gasteiger partial charge in [-0.25, -0.2) is 8.42 Å². The molecule has 0 saturated carbocycles. The Bertz CT molecular complexity index is 1110. The van der Waals surface area contributed by atoms with Gasteiger partial charge in [0, 0.05) is 24.7 Å². The van der Waals surface area contributed by atoms with Crippen molar-refractivity contribution in [2.45, 2.75) is 24.2 Å². The minimum Gasteiger partial charge on any atom is -0.343 e. The van der Waals surface area contributed by atoms with Gasteiger partial charge in [-0.15, -0.1) is 0 Å². The fourth-order valence-electron chi connectivity index (χ4n) is 3.24. The SMILES string of the molecule is O=C(/C=C/c1ccccc1)NCC(=O)NNC(=O)c1ccc(S(=O)(=O)N2CCCCC2)cc1. The number of nitrogens with one attached hydrogen (secondary N) is 3. The van der Waals surface area contributed by atoms with E-state index in [1.54, 1.807) is 6.08 Å². The zero-order chi connectivity index (χ0) is 23.7. The van der Waals surface area contributed by atoms with E-state index in [0.29, 0.717) is 13.1 Å².